The number of aromatic nitrogens is 1. The van der Waals surface area contributed by atoms with Crippen LogP contribution in [0.25, 0.3) is 6.08 Å². The van der Waals surface area contributed by atoms with Gasteiger partial charge in [0.05, 0.1) is 4.91 Å². The van der Waals surface area contributed by atoms with Gasteiger partial charge in [-0.05, 0) is 55.7 Å². The molecule has 0 bridgehead atoms. The first-order valence-electron chi connectivity index (χ1n) is 13.1. The molecule has 1 aromatic heterocycles. The standard InChI is InChI=1S/C28H30FN5O4S2/c1-3-10-33-25(32-14-12-31(13-15-32)20-8-6-19(29)7-9-20)21(18(2)22(17-30)26(33)37)16-23-27(38)34(28(39)40-23)11-4-5-24(35)36/h6-9,16H,3-5,10-15H2,1-2H3,(H,35,36)/b23-16-. The Morgan fingerprint density at radius 1 is 1.15 bits per heavy atom. The predicted octanol–water partition coefficient (Wildman–Crippen LogP) is 3.97. The van der Waals surface area contributed by atoms with Crippen LogP contribution in [0.2, 0.25) is 0 Å². The first-order chi connectivity index (χ1) is 19.2. The van der Waals surface area contributed by atoms with Crippen LogP contribution in [0.5, 0.6) is 0 Å². The Hall–Kier alpha value is -3.69. The average molecular weight is 584 g/mol. The molecule has 0 radical (unpaired) electrons. The average Bonchev–Trinajstić information content (AvgIpc) is 3.19. The molecule has 3 heterocycles. The van der Waals surface area contributed by atoms with E-state index < -0.39 is 5.97 Å². The van der Waals surface area contributed by atoms with Gasteiger partial charge < -0.3 is 14.9 Å². The van der Waals surface area contributed by atoms with E-state index in [1.165, 1.54) is 17.0 Å². The molecular weight excluding hydrogens is 553 g/mol. The third-order valence-corrected chi connectivity index (χ3v) is 8.36. The molecule has 9 nitrogen and oxygen atoms in total. The van der Waals surface area contributed by atoms with E-state index in [4.69, 9.17) is 17.3 Å². The smallest absolute Gasteiger partial charge is 0.303 e. The van der Waals surface area contributed by atoms with E-state index in [1.807, 2.05) is 6.92 Å². The zero-order chi connectivity index (χ0) is 29.0. The molecular formula is C28H30FN5O4S2. The molecule has 2 aliphatic heterocycles. The summed E-state index contributed by atoms with van der Waals surface area (Å²) in [5.74, 6) is -0.907. The molecule has 1 aromatic carbocycles. The summed E-state index contributed by atoms with van der Waals surface area (Å²) >= 11 is 6.55. The number of aliphatic carboxylic acids is 1. The molecule has 2 fully saturated rings. The van der Waals surface area contributed by atoms with Crippen molar-refractivity contribution < 1.29 is 19.1 Å². The lowest BCUT2D eigenvalue weighted by Gasteiger charge is -2.39. The number of hydrogen-bond donors (Lipinski definition) is 1. The van der Waals surface area contributed by atoms with Gasteiger partial charge in [0, 0.05) is 56.9 Å². The predicted molar refractivity (Wildman–Crippen MR) is 158 cm³/mol. The topological polar surface area (TPSA) is 110 Å². The summed E-state index contributed by atoms with van der Waals surface area (Å²) in [7, 11) is 0. The van der Waals surface area contributed by atoms with Gasteiger partial charge in [-0.25, -0.2) is 4.39 Å². The van der Waals surface area contributed by atoms with Crippen molar-refractivity contribution in [1.29, 1.82) is 5.26 Å². The lowest BCUT2D eigenvalue weighted by molar-refractivity contribution is -0.137. The van der Waals surface area contributed by atoms with Crippen LogP contribution >= 0.6 is 24.0 Å². The fourth-order valence-electron chi connectivity index (χ4n) is 4.96. The number of thioether (sulfide) groups is 1. The van der Waals surface area contributed by atoms with E-state index in [0.29, 0.717) is 65.3 Å². The minimum atomic E-state index is -0.942. The molecule has 12 heteroatoms. The first kappa shape index (κ1) is 29.3. The van der Waals surface area contributed by atoms with Gasteiger partial charge in [0.15, 0.2) is 0 Å². The van der Waals surface area contributed by atoms with Gasteiger partial charge in [-0.3, -0.25) is 23.9 Å². The van der Waals surface area contributed by atoms with Crippen LogP contribution in [0.4, 0.5) is 15.9 Å². The third kappa shape index (κ3) is 6.05. The number of thiocarbonyl (C=S) groups is 1. The largest absolute Gasteiger partial charge is 0.481 e. The molecule has 2 aliphatic rings. The molecule has 1 amide bonds. The minimum absolute atomic E-state index is 0.0327. The highest BCUT2D eigenvalue weighted by molar-refractivity contribution is 8.26. The Kier molecular flexibility index (Phi) is 9.27. The van der Waals surface area contributed by atoms with E-state index in [1.54, 1.807) is 29.7 Å². The summed E-state index contributed by atoms with van der Waals surface area (Å²) in [5.41, 5.74) is 1.69. The highest BCUT2D eigenvalue weighted by Gasteiger charge is 2.33. The zero-order valence-electron chi connectivity index (χ0n) is 22.4. The van der Waals surface area contributed by atoms with Crippen molar-refractivity contribution in [1.82, 2.24) is 9.47 Å². The number of carboxylic acids is 1. The van der Waals surface area contributed by atoms with Gasteiger partial charge >= 0.3 is 5.97 Å². The number of carbonyl (C=O) groups excluding carboxylic acids is 1. The maximum atomic E-state index is 13.4. The van der Waals surface area contributed by atoms with Crippen LogP contribution in [0.15, 0.2) is 34.0 Å². The van der Waals surface area contributed by atoms with Crippen molar-refractivity contribution in [3.8, 4) is 6.07 Å². The summed E-state index contributed by atoms with van der Waals surface area (Å²) in [6.07, 6.45) is 2.58. The number of halogens is 1. The maximum Gasteiger partial charge on any atom is 0.303 e. The molecule has 1 N–H and O–H groups in total. The van der Waals surface area contributed by atoms with Gasteiger partial charge in [-0.1, -0.05) is 30.9 Å². The first-order valence-corrected chi connectivity index (χ1v) is 14.3. The Balaban J connectivity index is 1.72. The Bertz CT molecular complexity index is 1460. The second-order valence-electron chi connectivity index (χ2n) is 9.59. The van der Waals surface area contributed by atoms with E-state index in [0.717, 1.165) is 17.4 Å². The van der Waals surface area contributed by atoms with E-state index >= 15 is 0 Å². The van der Waals surface area contributed by atoms with Gasteiger partial charge in [-0.15, -0.1) is 0 Å². The quantitative estimate of drug-likeness (QED) is 0.346. The molecule has 40 heavy (non-hydrogen) atoms. The van der Waals surface area contributed by atoms with Crippen LogP contribution in [0, 0.1) is 24.1 Å². The lowest BCUT2D eigenvalue weighted by Crippen LogP contribution is -2.48. The molecule has 0 aliphatic carbocycles. The van der Waals surface area contributed by atoms with Crippen LogP contribution in [0.3, 0.4) is 0 Å². The molecule has 0 atom stereocenters. The number of rotatable bonds is 9. The van der Waals surface area contributed by atoms with Gasteiger partial charge in [0.2, 0.25) is 0 Å². The number of carboxylic acid groups (broad SMARTS) is 1. The number of piperazine rings is 1. The van der Waals surface area contributed by atoms with Crippen molar-refractivity contribution in [3.05, 3.63) is 62.0 Å². The third-order valence-electron chi connectivity index (χ3n) is 6.99. The zero-order valence-corrected chi connectivity index (χ0v) is 24.0. The van der Waals surface area contributed by atoms with Crippen molar-refractivity contribution in [2.75, 3.05) is 42.5 Å². The SMILES string of the molecule is CCCn1c(N2CCN(c3ccc(F)cc3)CC2)c(/C=C2\SC(=S)N(CCCC(=O)O)C2=O)c(C)c(C#N)c1=O. The van der Waals surface area contributed by atoms with E-state index in [-0.39, 0.29) is 42.2 Å². The maximum absolute atomic E-state index is 13.4. The summed E-state index contributed by atoms with van der Waals surface area (Å²) < 4.78 is 15.4. The second kappa shape index (κ2) is 12.7. The number of hydrogen-bond acceptors (Lipinski definition) is 8. The number of nitriles is 1. The van der Waals surface area contributed by atoms with Crippen LogP contribution in [-0.4, -0.2) is 63.5 Å². The Labute approximate surface area is 241 Å². The monoisotopic (exact) mass is 583 g/mol. The van der Waals surface area contributed by atoms with Crippen LogP contribution < -0.4 is 15.4 Å². The fourth-order valence-corrected chi connectivity index (χ4v) is 6.25. The summed E-state index contributed by atoms with van der Waals surface area (Å²) in [5, 5.41) is 18.8. The Morgan fingerprint density at radius 3 is 2.40 bits per heavy atom. The number of amides is 1. The van der Waals surface area contributed by atoms with Crippen LogP contribution in [0.1, 0.15) is 42.9 Å². The summed E-state index contributed by atoms with van der Waals surface area (Å²) in [4.78, 5) is 43.6. The van der Waals surface area contributed by atoms with Crippen molar-refractivity contribution in [3.63, 3.8) is 0 Å². The van der Waals surface area contributed by atoms with Crippen LogP contribution in [-0.2, 0) is 16.1 Å². The molecule has 210 valence electrons. The van der Waals surface area contributed by atoms with Gasteiger partial charge in [0.1, 0.15) is 27.6 Å². The number of nitrogens with zero attached hydrogens (tertiary/aromatic N) is 5. The highest BCUT2D eigenvalue weighted by atomic mass is 32.2. The fraction of sp³-hybridized carbons (Fsp3) is 0.393. The number of carbonyl (C=O) groups is 2. The molecule has 0 saturated carbocycles. The van der Waals surface area contributed by atoms with E-state index in [9.17, 15) is 24.0 Å². The lowest BCUT2D eigenvalue weighted by atomic mass is 10.0. The summed E-state index contributed by atoms with van der Waals surface area (Å²) in [6, 6.07) is 8.40. The Morgan fingerprint density at radius 2 is 1.80 bits per heavy atom. The van der Waals surface area contributed by atoms with Crippen molar-refractivity contribution >= 4 is 57.8 Å². The number of benzene rings is 1. The molecule has 2 aromatic rings. The molecule has 0 unspecified atom stereocenters. The normalized spacial score (nSPS) is 16.6. The van der Waals surface area contributed by atoms with E-state index in [2.05, 4.69) is 15.9 Å². The molecule has 0 spiro atoms. The van der Waals surface area contributed by atoms with Crippen molar-refractivity contribution in [2.45, 2.75) is 39.7 Å². The number of anilines is 2. The van der Waals surface area contributed by atoms with Crippen molar-refractivity contribution in [2.24, 2.45) is 0 Å². The summed E-state index contributed by atoms with van der Waals surface area (Å²) in [6.45, 7) is 6.69. The highest BCUT2D eigenvalue weighted by Crippen LogP contribution is 2.36. The second-order valence-corrected chi connectivity index (χ2v) is 11.3. The minimum Gasteiger partial charge on any atom is -0.481 e. The molecule has 2 saturated heterocycles. The number of pyridine rings is 1. The molecule has 4 rings (SSSR count). The van der Waals surface area contributed by atoms with Gasteiger partial charge in [-0.2, -0.15) is 5.26 Å². The van der Waals surface area contributed by atoms with Gasteiger partial charge in [0.25, 0.3) is 11.5 Å².